The fourth-order valence-electron chi connectivity index (χ4n) is 3.04. The maximum atomic E-state index is 13.6. The number of rotatable bonds is 5. The van der Waals surface area contributed by atoms with E-state index < -0.39 is 0 Å². The molecule has 1 aromatic carbocycles. The number of nitrogens with one attached hydrogen (secondary N) is 2. The highest BCUT2D eigenvalue weighted by Gasteiger charge is 2.22. The Morgan fingerprint density at radius 1 is 1.38 bits per heavy atom. The number of aromatic nitrogens is 3. The first-order valence-electron chi connectivity index (χ1n) is 8.31. The number of piperidine rings is 1. The molecule has 3 rings (SSSR count). The van der Waals surface area contributed by atoms with E-state index in [0.717, 1.165) is 31.6 Å². The monoisotopic (exact) mass is 331 g/mol. The van der Waals surface area contributed by atoms with Gasteiger partial charge in [0.1, 0.15) is 5.82 Å². The van der Waals surface area contributed by atoms with Gasteiger partial charge in [0.05, 0.1) is 11.7 Å². The van der Waals surface area contributed by atoms with Crippen molar-refractivity contribution in [1.82, 2.24) is 25.6 Å². The van der Waals surface area contributed by atoms with Gasteiger partial charge in [0.15, 0.2) is 5.69 Å². The summed E-state index contributed by atoms with van der Waals surface area (Å²) < 4.78 is 15.4. The number of benzene rings is 1. The molecule has 2 aromatic rings. The van der Waals surface area contributed by atoms with E-state index in [4.69, 9.17) is 0 Å². The molecule has 24 heavy (non-hydrogen) atoms. The van der Waals surface area contributed by atoms with Gasteiger partial charge in [-0.15, -0.1) is 5.10 Å². The van der Waals surface area contributed by atoms with Crippen LogP contribution in [-0.4, -0.2) is 40.5 Å². The summed E-state index contributed by atoms with van der Waals surface area (Å²) in [7, 11) is 0. The van der Waals surface area contributed by atoms with Crippen LogP contribution >= 0.6 is 0 Å². The van der Waals surface area contributed by atoms with Crippen molar-refractivity contribution >= 4 is 5.91 Å². The minimum absolute atomic E-state index is 0.250. The highest BCUT2D eigenvalue weighted by molar-refractivity contribution is 5.93. The molecule has 7 heteroatoms. The Kier molecular flexibility index (Phi) is 5.20. The quantitative estimate of drug-likeness (QED) is 0.873. The number of carbonyl (C=O) groups is 1. The molecule has 2 N–H and O–H groups in total. The molecule has 1 aliphatic heterocycles. The van der Waals surface area contributed by atoms with Crippen LogP contribution in [0.15, 0.2) is 24.3 Å². The van der Waals surface area contributed by atoms with Crippen LogP contribution in [0.4, 0.5) is 4.39 Å². The smallest absolute Gasteiger partial charge is 0.273 e. The van der Waals surface area contributed by atoms with Gasteiger partial charge < -0.3 is 10.6 Å². The number of hydrogen-bond donors (Lipinski definition) is 2. The first kappa shape index (κ1) is 16.6. The van der Waals surface area contributed by atoms with Crippen LogP contribution in [-0.2, 0) is 6.42 Å². The highest BCUT2D eigenvalue weighted by Crippen LogP contribution is 2.20. The summed E-state index contributed by atoms with van der Waals surface area (Å²) in [5.41, 5.74) is 1.72. The summed E-state index contributed by atoms with van der Waals surface area (Å²) in [6, 6.07) is 6.87. The molecule has 1 aliphatic rings. The largest absolute Gasteiger partial charge is 0.350 e. The highest BCUT2D eigenvalue weighted by atomic mass is 19.1. The molecule has 1 aromatic heterocycles. The van der Waals surface area contributed by atoms with Crippen LogP contribution in [0.2, 0.25) is 0 Å². The third kappa shape index (κ3) is 3.62. The molecule has 0 unspecified atom stereocenters. The maximum Gasteiger partial charge on any atom is 0.273 e. The lowest BCUT2D eigenvalue weighted by molar-refractivity contribution is 0.0948. The second-order valence-electron chi connectivity index (χ2n) is 6.05. The number of nitrogens with zero attached hydrogens (tertiary/aromatic N) is 3. The predicted octanol–water partition coefficient (Wildman–Crippen LogP) is 1.62. The maximum absolute atomic E-state index is 13.6. The molecule has 0 saturated carbocycles. The van der Waals surface area contributed by atoms with Crippen LogP contribution in [0.1, 0.15) is 40.6 Å². The molecule has 128 valence electrons. The molecular formula is C17H22FN5O. The van der Waals surface area contributed by atoms with Gasteiger partial charge in [0.2, 0.25) is 0 Å². The Labute approximate surface area is 140 Å². The van der Waals surface area contributed by atoms with E-state index in [1.165, 1.54) is 6.07 Å². The van der Waals surface area contributed by atoms with Crippen LogP contribution < -0.4 is 10.6 Å². The van der Waals surface area contributed by atoms with Crippen molar-refractivity contribution in [3.63, 3.8) is 0 Å². The molecule has 6 nitrogen and oxygen atoms in total. The van der Waals surface area contributed by atoms with E-state index in [2.05, 4.69) is 20.9 Å². The first-order chi connectivity index (χ1) is 11.7. The number of carbonyl (C=O) groups excluding carboxylic acids is 1. The van der Waals surface area contributed by atoms with Crippen molar-refractivity contribution in [1.29, 1.82) is 0 Å². The molecule has 0 bridgehead atoms. The van der Waals surface area contributed by atoms with E-state index >= 15 is 0 Å². The number of hydrogen-bond acceptors (Lipinski definition) is 4. The van der Waals surface area contributed by atoms with Crippen molar-refractivity contribution in [3.8, 4) is 0 Å². The van der Waals surface area contributed by atoms with E-state index in [1.54, 1.807) is 18.2 Å². The van der Waals surface area contributed by atoms with Crippen LogP contribution in [0.3, 0.4) is 0 Å². The molecule has 0 atom stereocenters. The van der Waals surface area contributed by atoms with Gasteiger partial charge >= 0.3 is 0 Å². The molecule has 0 spiro atoms. The van der Waals surface area contributed by atoms with E-state index in [1.807, 2.05) is 11.6 Å². The zero-order valence-corrected chi connectivity index (χ0v) is 13.8. The molecule has 0 aliphatic carbocycles. The minimum atomic E-state index is -0.260. The molecule has 2 heterocycles. The second-order valence-corrected chi connectivity index (χ2v) is 6.05. The van der Waals surface area contributed by atoms with Gasteiger partial charge in [-0.25, -0.2) is 9.07 Å². The molecular weight excluding hydrogens is 309 g/mol. The zero-order chi connectivity index (χ0) is 16.9. The third-order valence-electron chi connectivity index (χ3n) is 4.43. The SMILES string of the molecule is Cc1c(C(=O)NCCc2ccccc2F)nnn1C1CCNCC1. The van der Waals surface area contributed by atoms with Crippen molar-refractivity contribution in [2.75, 3.05) is 19.6 Å². The summed E-state index contributed by atoms with van der Waals surface area (Å²) in [4.78, 5) is 12.3. The number of amides is 1. The van der Waals surface area contributed by atoms with E-state index in [0.29, 0.717) is 30.3 Å². The predicted molar refractivity (Wildman–Crippen MR) is 88.3 cm³/mol. The second kappa shape index (κ2) is 7.53. The normalized spacial score (nSPS) is 15.4. The summed E-state index contributed by atoms with van der Waals surface area (Å²) in [6.45, 7) is 4.13. The summed E-state index contributed by atoms with van der Waals surface area (Å²) in [5, 5.41) is 14.3. The van der Waals surface area contributed by atoms with E-state index in [-0.39, 0.29) is 11.7 Å². The van der Waals surface area contributed by atoms with Gasteiger partial charge in [0, 0.05) is 6.54 Å². The van der Waals surface area contributed by atoms with Gasteiger partial charge in [-0.1, -0.05) is 23.4 Å². The van der Waals surface area contributed by atoms with Gasteiger partial charge in [-0.05, 0) is 50.9 Å². The van der Waals surface area contributed by atoms with Crippen molar-refractivity contribution in [2.24, 2.45) is 0 Å². The Bertz CT molecular complexity index is 709. The van der Waals surface area contributed by atoms with Crippen molar-refractivity contribution in [3.05, 3.63) is 47.0 Å². The van der Waals surface area contributed by atoms with Crippen LogP contribution in [0.5, 0.6) is 0 Å². The molecule has 1 saturated heterocycles. The average molecular weight is 331 g/mol. The van der Waals surface area contributed by atoms with Crippen LogP contribution in [0, 0.1) is 12.7 Å². The summed E-state index contributed by atoms with van der Waals surface area (Å²) >= 11 is 0. The van der Waals surface area contributed by atoms with E-state index in [9.17, 15) is 9.18 Å². The number of halogens is 1. The Morgan fingerprint density at radius 3 is 2.88 bits per heavy atom. The topological polar surface area (TPSA) is 71.8 Å². The van der Waals surface area contributed by atoms with Crippen molar-refractivity contribution in [2.45, 2.75) is 32.2 Å². The van der Waals surface area contributed by atoms with Crippen LogP contribution in [0.25, 0.3) is 0 Å². The first-order valence-corrected chi connectivity index (χ1v) is 8.31. The Morgan fingerprint density at radius 2 is 2.12 bits per heavy atom. The fourth-order valence-corrected chi connectivity index (χ4v) is 3.04. The lowest BCUT2D eigenvalue weighted by Gasteiger charge is -2.23. The van der Waals surface area contributed by atoms with Gasteiger partial charge in [-0.2, -0.15) is 0 Å². The van der Waals surface area contributed by atoms with Gasteiger partial charge in [-0.3, -0.25) is 4.79 Å². The van der Waals surface area contributed by atoms with Crippen molar-refractivity contribution < 1.29 is 9.18 Å². The molecule has 1 amide bonds. The minimum Gasteiger partial charge on any atom is -0.350 e. The fraction of sp³-hybridized carbons (Fsp3) is 0.471. The summed E-state index contributed by atoms with van der Waals surface area (Å²) in [6.07, 6.45) is 2.41. The Balaban J connectivity index is 1.59. The molecule has 1 fully saturated rings. The molecule has 0 radical (unpaired) electrons. The lowest BCUT2D eigenvalue weighted by Crippen LogP contribution is -2.30. The standard InChI is InChI=1S/C17H22FN5O/c1-12-16(21-22-23(12)14-7-9-19-10-8-14)17(24)20-11-6-13-4-2-3-5-15(13)18/h2-5,14,19H,6-11H2,1H3,(H,20,24). The summed E-state index contributed by atoms with van der Waals surface area (Å²) in [5.74, 6) is -0.510. The lowest BCUT2D eigenvalue weighted by atomic mass is 10.1. The third-order valence-corrected chi connectivity index (χ3v) is 4.43. The Hall–Kier alpha value is -2.28. The zero-order valence-electron chi connectivity index (χ0n) is 13.8. The average Bonchev–Trinajstić information content (AvgIpc) is 2.99. The van der Waals surface area contributed by atoms with Gasteiger partial charge in [0.25, 0.3) is 5.91 Å².